The van der Waals surface area contributed by atoms with Crippen molar-refractivity contribution in [1.82, 2.24) is 10.2 Å². The smallest absolute Gasteiger partial charge is 0.237 e. The van der Waals surface area contributed by atoms with Crippen molar-refractivity contribution >= 4 is 5.91 Å². The van der Waals surface area contributed by atoms with Crippen molar-refractivity contribution in [3.63, 3.8) is 0 Å². The van der Waals surface area contributed by atoms with Gasteiger partial charge >= 0.3 is 0 Å². The van der Waals surface area contributed by atoms with Crippen LogP contribution in [0.25, 0.3) is 0 Å². The number of carbonyl (C=O) groups excluding carboxylic acids is 1. The van der Waals surface area contributed by atoms with Gasteiger partial charge in [-0.1, -0.05) is 24.3 Å². The van der Waals surface area contributed by atoms with E-state index in [1.165, 1.54) is 11.1 Å². The molecule has 3 N–H and O–H groups in total. The Morgan fingerprint density at radius 2 is 2.00 bits per heavy atom. The van der Waals surface area contributed by atoms with Crippen molar-refractivity contribution in [2.24, 2.45) is 5.73 Å². The van der Waals surface area contributed by atoms with Gasteiger partial charge in [0.2, 0.25) is 5.91 Å². The summed E-state index contributed by atoms with van der Waals surface area (Å²) < 4.78 is 0. The van der Waals surface area contributed by atoms with Crippen LogP contribution in [0.5, 0.6) is 0 Å². The summed E-state index contributed by atoms with van der Waals surface area (Å²) >= 11 is 0. The number of carbonyl (C=O) groups is 1. The molecule has 108 valence electrons. The van der Waals surface area contributed by atoms with E-state index >= 15 is 0 Å². The van der Waals surface area contributed by atoms with Crippen LogP contribution in [0.4, 0.5) is 0 Å². The number of fused-ring (bicyclic) bond motifs is 1. The van der Waals surface area contributed by atoms with Gasteiger partial charge in [-0.2, -0.15) is 0 Å². The minimum absolute atomic E-state index is 0.207. The highest BCUT2D eigenvalue weighted by molar-refractivity contribution is 5.84. The van der Waals surface area contributed by atoms with E-state index in [1.54, 1.807) is 0 Å². The fraction of sp³-hybridized carbons (Fsp3) is 0.562. The van der Waals surface area contributed by atoms with E-state index in [4.69, 9.17) is 5.73 Å². The first-order valence-corrected chi connectivity index (χ1v) is 7.44. The van der Waals surface area contributed by atoms with Crippen LogP contribution < -0.4 is 11.1 Å². The van der Waals surface area contributed by atoms with Crippen molar-refractivity contribution in [1.29, 1.82) is 0 Å². The van der Waals surface area contributed by atoms with Crippen LogP contribution in [0.2, 0.25) is 0 Å². The van der Waals surface area contributed by atoms with Crippen LogP contribution in [0, 0.1) is 0 Å². The van der Waals surface area contributed by atoms with Crippen LogP contribution >= 0.6 is 0 Å². The SMILES string of the molecule is CNC1(C(N)=O)CCCC(N2Cc3ccccc3C2)C1. The summed E-state index contributed by atoms with van der Waals surface area (Å²) in [6.45, 7) is 2.00. The molecule has 2 aliphatic rings. The molecule has 4 heteroatoms. The van der Waals surface area contributed by atoms with Crippen LogP contribution in [0.15, 0.2) is 24.3 Å². The van der Waals surface area contributed by atoms with Crippen LogP contribution in [0.3, 0.4) is 0 Å². The molecule has 1 aromatic carbocycles. The van der Waals surface area contributed by atoms with Gasteiger partial charge in [0.25, 0.3) is 0 Å². The van der Waals surface area contributed by atoms with Crippen LogP contribution in [-0.2, 0) is 17.9 Å². The van der Waals surface area contributed by atoms with Gasteiger partial charge in [0.15, 0.2) is 0 Å². The molecule has 1 saturated carbocycles. The van der Waals surface area contributed by atoms with Crippen LogP contribution in [-0.4, -0.2) is 29.4 Å². The third-order valence-electron chi connectivity index (χ3n) is 5.06. The van der Waals surface area contributed by atoms with Crippen molar-refractivity contribution in [2.75, 3.05) is 7.05 Å². The predicted octanol–water partition coefficient (Wildman–Crippen LogP) is 1.39. The fourth-order valence-electron chi connectivity index (χ4n) is 3.75. The van der Waals surface area contributed by atoms with E-state index < -0.39 is 5.54 Å². The zero-order valence-corrected chi connectivity index (χ0v) is 12.1. The number of likely N-dealkylation sites (N-methyl/N-ethyl adjacent to an activating group) is 1. The number of benzene rings is 1. The Bertz CT molecular complexity index is 491. The van der Waals surface area contributed by atoms with Crippen LogP contribution in [0.1, 0.15) is 36.8 Å². The number of nitrogens with one attached hydrogen (secondary N) is 1. The lowest BCUT2D eigenvalue weighted by molar-refractivity contribution is -0.126. The summed E-state index contributed by atoms with van der Waals surface area (Å²) in [5.74, 6) is -0.207. The number of primary amides is 1. The lowest BCUT2D eigenvalue weighted by Gasteiger charge is -2.41. The Morgan fingerprint density at radius 3 is 2.55 bits per heavy atom. The van der Waals surface area contributed by atoms with E-state index in [0.29, 0.717) is 6.04 Å². The molecule has 4 nitrogen and oxygen atoms in total. The number of amides is 1. The summed E-state index contributed by atoms with van der Waals surface area (Å²) in [7, 11) is 1.85. The molecule has 1 aliphatic heterocycles. The van der Waals surface area contributed by atoms with Gasteiger partial charge in [-0.25, -0.2) is 0 Å². The number of hydrogen-bond donors (Lipinski definition) is 2. The average Bonchev–Trinajstić information content (AvgIpc) is 2.91. The predicted molar refractivity (Wildman–Crippen MR) is 78.9 cm³/mol. The van der Waals surface area contributed by atoms with Crippen molar-refractivity contribution in [2.45, 2.75) is 50.4 Å². The minimum Gasteiger partial charge on any atom is -0.368 e. The summed E-state index contributed by atoms with van der Waals surface area (Å²) in [4.78, 5) is 14.3. The van der Waals surface area contributed by atoms with Gasteiger partial charge in [-0.15, -0.1) is 0 Å². The van der Waals surface area contributed by atoms with Crippen molar-refractivity contribution in [3.8, 4) is 0 Å². The molecule has 2 unspecified atom stereocenters. The first-order valence-electron chi connectivity index (χ1n) is 7.44. The molecule has 0 saturated heterocycles. The average molecular weight is 273 g/mol. The molecule has 2 atom stereocenters. The molecule has 0 bridgehead atoms. The maximum absolute atomic E-state index is 11.8. The third-order valence-corrected chi connectivity index (χ3v) is 5.06. The molecular weight excluding hydrogens is 250 g/mol. The molecule has 0 spiro atoms. The van der Waals surface area contributed by atoms with E-state index in [1.807, 2.05) is 7.05 Å². The van der Waals surface area contributed by atoms with E-state index in [-0.39, 0.29) is 5.91 Å². The summed E-state index contributed by atoms with van der Waals surface area (Å²) in [6.07, 6.45) is 3.90. The van der Waals surface area contributed by atoms with Gasteiger partial charge in [0.05, 0.1) is 5.54 Å². The highest BCUT2D eigenvalue weighted by Gasteiger charge is 2.42. The zero-order chi connectivity index (χ0) is 14.2. The van der Waals surface area contributed by atoms with E-state index in [0.717, 1.165) is 38.8 Å². The molecule has 3 rings (SSSR count). The van der Waals surface area contributed by atoms with E-state index in [2.05, 4.69) is 34.5 Å². The first kappa shape index (κ1) is 13.6. The van der Waals surface area contributed by atoms with Gasteiger partial charge in [-0.05, 0) is 43.9 Å². The standard InChI is InChI=1S/C16H23N3O/c1-18-16(15(17)20)8-4-7-14(9-16)19-10-12-5-2-3-6-13(12)11-19/h2-3,5-6,14,18H,4,7-11H2,1H3,(H2,17,20). The molecule has 1 heterocycles. The normalized spacial score (nSPS) is 30.1. The Balaban J connectivity index is 1.75. The fourth-order valence-corrected chi connectivity index (χ4v) is 3.75. The largest absolute Gasteiger partial charge is 0.368 e. The molecule has 20 heavy (non-hydrogen) atoms. The molecule has 1 amide bonds. The highest BCUT2D eigenvalue weighted by Crippen LogP contribution is 2.35. The summed E-state index contributed by atoms with van der Waals surface area (Å²) in [5.41, 5.74) is 7.97. The Hall–Kier alpha value is -1.39. The second-order valence-electron chi connectivity index (χ2n) is 6.12. The van der Waals surface area contributed by atoms with E-state index in [9.17, 15) is 4.79 Å². The van der Waals surface area contributed by atoms with Gasteiger partial charge in [0, 0.05) is 19.1 Å². The molecule has 0 radical (unpaired) electrons. The number of nitrogens with two attached hydrogens (primary N) is 1. The summed E-state index contributed by atoms with van der Waals surface area (Å²) in [5, 5.41) is 3.19. The number of nitrogens with zero attached hydrogens (tertiary/aromatic N) is 1. The second-order valence-corrected chi connectivity index (χ2v) is 6.12. The molecule has 1 fully saturated rings. The Labute approximate surface area is 120 Å². The summed E-state index contributed by atoms with van der Waals surface area (Å²) in [6, 6.07) is 9.06. The minimum atomic E-state index is -0.516. The van der Waals surface area contributed by atoms with Crippen molar-refractivity contribution in [3.05, 3.63) is 35.4 Å². The molecule has 0 aromatic heterocycles. The highest BCUT2D eigenvalue weighted by atomic mass is 16.1. The Kier molecular flexibility index (Phi) is 3.52. The molecule has 1 aliphatic carbocycles. The Morgan fingerprint density at radius 1 is 1.35 bits per heavy atom. The quantitative estimate of drug-likeness (QED) is 0.875. The maximum atomic E-state index is 11.8. The number of rotatable bonds is 3. The lowest BCUT2D eigenvalue weighted by atomic mass is 9.78. The lowest BCUT2D eigenvalue weighted by Crippen LogP contribution is -2.59. The maximum Gasteiger partial charge on any atom is 0.237 e. The monoisotopic (exact) mass is 273 g/mol. The van der Waals surface area contributed by atoms with Gasteiger partial charge < -0.3 is 11.1 Å². The topological polar surface area (TPSA) is 58.4 Å². The number of hydrogen-bond acceptors (Lipinski definition) is 3. The van der Waals surface area contributed by atoms with Gasteiger partial charge in [-0.3, -0.25) is 9.69 Å². The third kappa shape index (κ3) is 2.23. The van der Waals surface area contributed by atoms with Crippen molar-refractivity contribution < 1.29 is 4.79 Å². The molecular formula is C16H23N3O. The first-order chi connectivity index (χ1) is 9.64. The zero-order valence-electron chi connectivity index (χ0n) is 12.1. The second kappa shape index (κ2) is 5.19. The van der Waals surface area contributed by atoms with Gasteiger partial charge in [0.1, 0.15) is 0 Å². The molecule has 1 aromatic rings.